The zero-order chi connectivity index (χ0) is 7.72. The van der Waals surface area contributed by atoms with Crippen LogP contribution in [0.25, 0.3) is 0 Å². The van der Waals surface area contributed by atoms with Crippen LogP contribution in [-0.4, -0.2) is 0 Å². The number of anilines is 4. The Balaban J connectivity index is 3.31. The Morgan fingerprint density at radius 2 is 1.20 bits per heavy atom. The Morgan fingerprint density at radius 3 is 1.60 bits per heavy atom. The van der Waals surface area contributed by atoms with Crippen LogP contribution >= 0.6 is 0 Å². The molecule has 0 aliphatic rings. The molecule has 1 rings (SSSR count). The van der Waals surface area contributed by atoms with Gasteiger partial charge in [0.05, 0.1) is 17.1 Å². The summed E-state index contributed by atoms with van der Waals surface area (Å²) in [4.78, 5) is 0. The second-order valence-electron chi connectivity index (χ2n) is 2.11. The Morgan fingerprint density at radius 1 is 0.800 bits per heavy atom. The van der Waals surface area contributed by atoms with Gasteiger partial charge < -0.3 is 22.9 Å². The van der Waals surface area contributed by atoms with Crippen molar-refractivity contribution in [1.82, 2.24) is 0 Å². The van der Waals surface area contributed by atoms with Gasteiger partial charge in [-0.15, -0.1) is 0 Å². The minimum Gasteiger partial charge on any atom is -0.399 e. The molecule has 4 heteroatoms. The van der Waals surface area contributed by atoms with Gasteiger partial charge in [0.1, 0.15) is 0 Å². The molecule has 0 saturated heterocycles. The van der Waals surface area contributed by atoms with Crippen LogP contribution in [0.15, 0.2) is 12.1 Å². The number of rotatable bonds is 0. The van der Waals surface area contributed by atoms with Crippen LogP contribution < -0.4 is 22.9 Å². The Labute approximate surface area is 58.8 Å². The fourth-order valence-electron chi connectivity index (χ4n) is 0.723. The molecule has 1 aromatic carbocycles. The molecule has 0 spiro atoms. The van der Waals surface area contributed by atoms with Crippen molar-refractivity contribution >= 4 is 22.7 Å². The highest BCUT2D eigenvalue weighted by molar-refractivity contribution is 5.81. The Kier molecular flexibility index (Phi) is 1.30. The van der Waals surface area contributed by atoms with E-state index in [4.69, 9.17) is 22.9 Å². The van der Waals surface area contributed by atoms with E-state index in [1.165, 1.54) is 0 Å². The van der Waals surface area contributed by atoms with E-state index in [1.54, 1.807) is 12.1 Å². The summed E-state index contributed by atoms with van der Waals surface area (Å²) in [5.74, 6) is 0. The highest BCUT2D eigenvalue weighted by Crippen LogP contribution is 2.25. The van der Waals surface area contributed by atoms with Crippen LogP contribution in [0.3, 0.4) is 0 Å². The van der Waals surface area contributed by atoms with Gasteiger partial charge in [0, 0.05) is 5.69 Å². The largest absolute Gasteiger partial charge is 0.399 e. The minimum absolute atomic E-state index is 0.397. The summed E-state index contributed by atoms with van der Waals surface area (Å²) in [6.45, 7) is 0. The first-order chi connectivity index (χ1) is 4.61. The Bertz CT molecular complexity index is 233. The lowest BCUT2D eigenvalue weighted by atomic mass is 10.2. The molecule has 10 heavy (non-hydrogen) atoms. The molecule has 0 amide bonds. The molecule has 0 aromatic heterocycles. The number of nitrogen functional groups attached to an aromatic ring is 4. The van der Waals surface area contributed by atoms with E-state index in [0.717, 1.165) is 0 Å². The predicted molar refractivity (Wildman–Crippen MR) is 44.1 cm³/mol. The van der Waals surface area contributed by atoms with Gasteiger partial charge in [0.15, 0.2) is 0 Å². The molecule has 0 heterocycles. The minimum atomic E-state index is 0.397. The molecule has 54 valence electrons. The second kappa shape index (κ2) is 1.98. The van der Waals surface area contributed by atoms with Gasteiger partial charge in [-0.2, -0.15) is 0 Å². The predicted octanol–water partition coefficient (Wildman–Crippen LogP) is 0.0154. The van der Waals surface area contributed by atoms with E-state index in [1.807, 2.05) is 0 Å². The van der Waals surface area contributed by atoms with Crippen LogP contribution in [0, 0.1) is 0 Å². The van der Waals surface area contributed by atoms with Gasteiger partial charge in [0.2, 0.25) is 0 Å². The van der Waals surface area contributed by atoms with Crippen LogP contribution in [0.1, 0.15) is 0 Å². The molecular formula is C6H10N4. The van der Waals surface area contributed by atoms with Gasteiger partial charge in [0.25, 0.3) is 0 Å². The first kappa shape index (κ1) is 6.54. The average Bonchev–Trinajstić information content (AvgIpc) is 1.82. The van der Waals surface area contributed by atoms with Crippen molar-refractivity contribution in [1.29, 1.82) is 0 Å². The van der Waals surface area contributed by atoms with Gasteiger partial charge in [-0.05, 0) is 12.1 Å². The molecular weight excluding hydrogens is 128 g/mol. The average molecular weight is 138 g/mol. The molecule has 0 fully saturated rings. The first-order valence-electron chi connectivity index (χ1n) is 2.81. The molecule has 0 radical (unpaired) electrons. The lowest BCUT2D eigenvalue weighted by Crippen LogP contribution is -2.01. The van der Waals surface area contributed by atoms with Crippen molar-refractivity contribution in [3.8, 4) is 0 Å². The maximum atomic E-state index is 5.45. The molecule has 0 aliphatic heterocycles. The number of hydrogen-bond donors (Lipinski definition) is 4. The third kappa shape index (κ3) is 0.907. The van der Waals surface area contributed by atoms with E-state index in [-0.39, 0.29) is 0 Å². The highest BCUT2D eigenvalue weighted by atomic mass is 14.7. The maximum absolute atomic E-state index is 5.45. The molecule has 8 N–H and O–H groups in total. The zero-order valence-electron chi connectivity index (χ0n) is 5.46. The summed E-state index contributed by atoms with van der Waals surface area (Å²) >= 11 is 0. The maximum Gasteiger partial charge on any atom is 0.0782 e. The summed E-state index contributed by atoms with van der Waals surface area (Å²) in [6.07, 6.45) is 0. The topological polar surface area (TPSA) is 104 Å². The van der Waals surface area contributed by atoms with Crippen molar-refractivity contribution < 1.29 is 0 Å². The van der Waals surface area contributed by atoms with Crippen molar-refractivity contribution in [2.24, 2.45) is 0 Å². The quantitative estimate of drug-likeness (QED) is 0.379. The van der Waals surface area contributed by atoms with Gasteiger partial charge in [-0.1, -0.05) is 0 Å². The zero-order valence-corrected chi connectivity index (χ0v) is 5.46. The van der Waals surface area contributed by atoms with E-state index in [0.29, 0.717) is 22.7 Å². The number of benzene rings is 1. The van der Waals surface area contributed by atoms with Crippen molar-refractivity contribution in [2.45, 2.75) is 0 Å². The van der Waals surface area contributed by atoms with Crippen LogP contribution in [0.5, 0.6) is 0 Å². The molecule has 0 aliphatic carbocycles. The van der Waals surface area contributed by atoms with Gasteiger partial charge in [-0.25, -0.2) is 0 Å². The second-order valence-corrected chi connectivity index (χ2v) is 2.11. The third-order valence-electron chi connectivity index (χ3n) is 1.27. The Hall–Kier alpha value is -1.58. The van der Waals surface area contributed by atoms with E-state index in [2.05, 4.69) is 0 Å². The van der Waals surface area contributed by atoms with E-state index >= 15 is 0 Å². The summed E-state index contributed by atoms with van der Waals surface area (Å²) in [6, 6.07) is 3.15. The fourth-order valence-corrected chi connectivity index (χ4v) is 0.723. The normalized spacial score (nSPS) is 9.60. The SMILES string of the molecule is Nc1cc(N)c(N)c(N)c1. The van der Waals surface area contributed by atoms with Gasteiger partial charge in [-0.3, -0.25) is 0 Å². The number of nitrogens with two attached hydrogens (primary N) is 4. The third-order valence-corrected chi connectivity index (χ3v) is 1.27. The molecule has 4 nitrogen and oxygen atoms in total. The highest BCUT2D eigenvalue weighted by Gasteiger charge is 1.98. The molecule has 0 saturated carbocycles. The van der Waals surface area contributed by atoms with Crippen LogP contribution in [0.2, 0.25) is 0 Å². The van der Waals surface area contributed by atoms with E-state index < -0.39 is 0 Å². The lowest BCUT2D eigenvalue weighted by Gasteiger charge is -2.04. The van der Waals surface area contributed by atoms with Crippen molar-refractivity contribution in [3.05, 3.63) is 12.1 Å². The summed E-state index contributed by atoms with van der Waals surface area (Å²) in [7, 11) is 0. The summed E-state index contributed by atoms with van der Waals surface area (Å²) in [5.41, 5.74) is 23.5. The molecule has 0 bridgehead atoms. The molecule has 0 unspecified atom stereocenters. The lowest BCUT2D eigenvalue weighted by molar-refractivity contribution is 1.64. The van der Waals surface area contributed by atoms with Gasteiger partial charge >= 0.3 is 0 Å². The first-order valence-corrected chi connectivity index (χ1v) is 2.81. The molecule has 1 aromatic rings. The standard InChI is InChI=1S/C6H10N4/c7-3-1-4(8)6(10)5(9)2-3/h1-2H,7-10H2. The van der Waals surface area contributed by atoms with Crippen LogP contribution in [-0.2, 0) is 0 Å². The fraction of sp³-hybridized carbons (Fsp3) is 0. The van der Waals surface area contributed by atoms with E-state index in [9.17, 15) is 0 Å². The van der Waals surface area contributed by atoms with Crippen LogP contribution in [0.4, 0.5) is 22.7 Å². The van der Waals surface area contributed by atoms with Crippen molar-refractivity contribution in [2.75, 3.05) is 22.9 Å². The summed E-state index contributed by atoms with van der Waals surface area (Å²) < 4.78 is 0. The monoisotopic (exact) mass is 138 g/mol. The number of hydrogen-bond acceptors (Lipinski definition) is 4. The summed E-state index contributed by atoms with van der Waals surface area (Å²) in [5, 5.41) is 0. The molecule has 0 atom stereocenters. The smallest absolute Gasteiger partial charge is 0.0782 e. The van der Waals surface area contributed by atoms with Crippen molar-refractivity contribution in [3.63, 3.8) is 0 Å².